The summed E-state index contributed by atoms with van der Waals surface area (Å²) in [5.74, 6) is 0.558. The molecule has 18 heavy (non-hydrogen) atoms. The van der Waals surface area contributed by atoms with Gasteiger partial charge in [0.25, 0.3) is 0 Å². The molecule has 0 aliphatic carbocycles. The van der Waals surface area contributed by atoms with Crippen molar-refractivity contribution in [2.24, 2.45) is 0 Å². The summed E-state index contributed by atoms with van der Waals surface area (Å²) in [4.78, 5) is 4.45. The summed E-state index contributed by atoms with van der Waals surface area (Å²) in [6.45, 7) is 1.99. The van der Waals surface area contributed by atoms with Gasteiger partial charge < -0.3 is 5.21 Å². The van der Waals surface area contributed by atoms with E-state index >= 15 is 0 Å². The number of aromatic nitrogens is 2. The molecule has 0 aliphatic rings. The molecule has 0 saturated heterocycles. The first kappa shape index (κ1) is 11.3. The van der Waals surface area contributed by atoms with Gasteiger partial charge in [-0.15, -0.1) is 0 Å². The number of fused-ring (bicyclic) bond motifs is 1. The fraction of sp³-hybridized carbons (Fsp3) is 0.0714. The van der Waals surface area contributed by atoms with Gasteiger partial charge in [-0.1, -0.05) is 34.1 Å². The second-order valence-corrected chi connectivity index (χ2v) is 5.16. The Morgan fingerprint density at radius 2 is 1.83 bits per heavy atom. The van der Waals surface area contributed by atoms with E-state index in [0.29, 0.717) is 5.82 Å². The van der Waals surface area contributed by atoms with Crippen LogP contribution in [-0.4, -0.2) is 14.9 Å². The number of aryl methyl sites for hydroxylation is 1. The van der Waals surface area contributed by atoms with Gasteiger partial charge in [-0.05, 0) is 36.8 Å². The molecule has 1 N–H and O–H groups in total. The molecule has 0 saturated carbocycles. The van der Waals surface area contributed by atoms with E-state index < -0.39 is 0 Å². The number of nitrogens with zero attached hydrogens (tertiary/aromatic N) is 2. The van der Waals surface area contributed by atoms with Crippen LogP contribution in [0.15, 0.2) is 46.9 Å². The summed E-state index contributed by atoms with van der Waals surface area (Å²) >= 11 is 3.39. The van der Waals surface area contributed by atoms with Crippen LogP contribution in [0.1, 0.15) is 5.56 Å². The molecule has 0 fully saturated rings. The van der Waals surface area contributed by atoms with Crippen LogP contribution in [0.3, 0.4) is 0 Å². The van der Waals surface area contributed by atoms with Crippen LogP contribution in [0.2, 0.25) is 0 Å². The Bertz CT molecular complexity index is 716. The van der Waals surface area contributed by atoms with E-state index in [1.807, 2.05) is 49.4 Å². The van der Waals surface area contributed by atoms with E-state index in [9.17, 15) is 5.21 Å². The highest BCUT2D eigenvalue weighted by Gasteiger charge is 2.11. The van der Waals surface area contributed by atoms with Gasteiger partial charge in [-0.25, -0.2) is 4.98 Å². The minimum absolute atomic E-state index is 0.558. The molecular weight excluding hydrogens is 292 g/mol. The van der Waals surface area contributed by atoms with Crippen molar-refractivity contribution in [3.05, 3.63) is 52.5 Å². The predicted octanol–water partition coefficient (Wildman–Crippen LogP) is 4.01. The van der Waals surface area contributed by atoms with E-state index in [1.54, 1.807) is 0 Å². The molecule has 90 valence electrons. The molecule has 4 heteroatoms. The molecule has 1 aromatic heterocycles. The topological polar surface area (TPSA) is 38.0 Å². The quantitative estimate of drug-likeness (QED) is 0.690. The third kappa shape index (κ3) is 1.78. The van der Waals surface area contributed by atoms with Crippen molar-refractivity contribution in [1.82, 2.24) is 9.71 Å². The van der Waals surface area contributed by atoms with Crippen LogP contribution in [0.4, 0.5) is 0 Å². The van der Waals surface area contributed by atoms with Gasteiger partial charge in [-0.2, -0.15) is 4.73 Å². The molecule has 0 amide bonds. The van der Waals surface area contributed by atoms with Gasteiger partial charge in [-0.3, -0.25) is 0 Å². The van der Waals surface area contributed by atoms with Gasteiger partial charge >= 0.3 is 0 Å². The maximum absolute atomic E-state index is 10.2. The molecule has 2 aromatic carbocycles. The molecule has 3 nitrogen and oxygen atoms in total. The van der Waals surface area contributed by atoms with E-state index in [0.717, 1.165) is 31.4 Å². The average molecular weight is 303 g/mol. The van der Waals surface area contributed by atoms with Crippen LogP contribution in [0, 0.1) is 6.92 Å². The summed E-state index contributed by atoms with van der Waals surface area (Å²) in [6, 6.07) is 13.5. The normalized spacial score (nSPS) is 11.0. The van der Waals surface area contributed by atoms with Crippen LogP contribution < -0.4 is 0 Å². The molecule has 0 unspecified atom stereocenters. The van der Waals surface area contributed by atoms with Crippen molar-refractivity contribution in [2.45, 2.75) is 6.92 Å². The maximum Gasteiger partial charge on any atom is 0.176 e. The Morgan fingerprint density at radius 1 is 1.11 bits per heavy atom. The first-order valence-electron chi connectivity index (χ1n) is 5.59. The minimum Gasteiger partial charge on any atom is -0.426 e. The Kier molecular flexibility index (Phi) is 2.59. The highest BCUT2D eigenvalue weighted by Crippen LogP contribution is 2.25. The van der Waals surface area contributed by atoms with Crippen LogP contribution in [0.5, 0.6) is 0 Å². The fourth-order valence-corrected chi connectivity index (χ4v) is 2.22. The standard InChI is InChI=1S/C14H11BrN2O/c1-9-2-7-12-13(8-9)17(18)14(16-12)10-3-5-11(15)6-4-10/h2-8,18H,1H3. The van der Waals surface area contributed by atoms with Crippen LogP contribution in [0.25, 0.3) is 22.4 Å². The summed E-state index contributed by atoms with van der Waals surface area (Å²) in [7, 11) is 0. The van der Waals surface area contributed by atoms with Crippen LogP contribution in [-0.2, 0) is 0 Å². The highest BCUT2D eigenvalue weighted by atomic mass is 79.9. The zero-order valence-electron chi connectivity index (χ0n) is 9.76. The number of rotatable bonds is 1. The smallest absolute Gasteiger partial charge is 0.176 e. The van der Waals surface area contributed by atoms with E-state index in [4.69, 9.17) is 0 Å². The third-order valence-corrected chi connectivity index (χ3v) is 3.42. The number of halogens is 1. The summed E-state index contributed by atoms with van der Waals surface area (Å²) < 4.78 is 2.15. The van der Waals surface area contributed by atoms with Crippen LogP contribution >= 0.6 is 15.9 Å². The predicted molar refractivity (Wildman–Crippen MR) is 74.8 cm³/mol. The first-order valence-corrected chi connectivity index (χ1v) is 6.39. The monoisotopic (exact) mass is 302 g/mol. The van der Waals surface area contributed by atoms with E-state index in [1.165, 1.54) is 0 Å². The van der Waals surface area contributed by atoms with Gasteiger partial charge in [0, 0.05) is 10.0 Å². The Hall–Kier alpha value is -1.81. The molecule has 0 atom stereocenters. The van der Waals surface area contributed by atoms with Crippen molar-refractivity contribution in [3.63, 3.8) is 0 Å². The molecule has 0 bridgehead atoms. The zero-order valence-corrected chi connectivity index (χ0v) is 11.3. The summed E-state index contributed by atoms with van der Waals surface area (Å²) in [5, 5.41) is 10.2. The number of benzene rings is 2. The van der Waals surface area contributed by atoms with Crippen molar-refractivity contribution >= 4 is 27.0 Å². The van der Waals surface area contributed by atoms with Gasteiger partial charge in [0.05, 0.1) is 5.52 Å². The Morgan fingerprint density at radius 3 is 2.56 bits per heavy atom. The summed E-state index contributed by atoms with van der Waals surface area (Å²) in [6.07, 6.45) is 0. The number of hydrogen-bond donors (Lipinski definition) is 1. The van der Waals surface area contributed by atoms with Gasteiger partial charge in [0.1, 0.15) is 5.52 Å². The maximum atomic E-state index is 10.2. The number of hydrogen-bond acceptors (Lipinski definition) is 2. The number of imidazole rings is 1. The minimum atomic E-state index is 0.558. The highest BCUT2D eigenvalue weighted by molar-refractivity contribution is 9.10. The molecule has 3 rings (SSSR count). The SMILES string of the molecule is Cc1ccc2nc(-c3ccc(Br)cc3)n(O)c2c1. The molecule has 3 aromatic rings. The molecule has 0 radical (unpaired) electrons. The third-order valence-electron chi connectivity index (χ3n) is 2.89. The fourth-order valence-electron chi connectivity index (χ4n) is 1.96. The lowest BCUT2D eigenvalue weighted by Gasteiger charge is -2.01. The average Bonchev–Trinajstić information content (AvgIpc) is 2.68. The van der Waals surface area contributed by atoms with E-state index in [-0.39, 0.29) is 0 Å². The Labute approximate surface area is 113 Å². The second-order valence-electron chi connectivity index (χ2n) is 4.25. The molecule has 0 spiro atoms. The first-order chi connectivity index (χ1) is 8.65. The molecular formula is C14H11BrN2O. The molecule has 1 heterocycles. The van der Waals surface area contributed by atoms with Gasteiger partial charge in [0.15, 0.2) is 5.82 Å². The van der Waals surface area contributed by atoms with Gasteiger partial charge in [0.2, 0.25) is 0 Å². The van der Waals surface area contributed by atoms with Crippen molar-refractivity contribution < 1.29 is 5.21 Å². The zero-order chi connectivity index (χ0) is 12.7. The molecule has 0 aliphatic heterocycles. The summed E-state index contributed by atoms with van der Waals surface area (Å²) in [5.41, 5.74) is 3.50. The second kappa shape index (κ2) is 4.14. The largest absolute Gasteiger partial charge is 0.426 e. The lowest BCUT2D eigenvalue weighted by Crippen LogP contribution is -1.93. The van der Waals surface area contributed by atoms with E-state index in [2.05, 4.69) is 20.9 Å². The Balaban J connectivity index is 2.23. The lowest BCUT2D eigenvalue weighted by atomic mass is 10.2. The van der Waals surface area contributed by atoms with Crippen molar-refractivity contribution in [3.8, 4) is 11.4 Å². The van der Waals surface area contributed by atoms with Crippen molar-refractivity contribution in [2.75, 3.05) is 0 Å². The lowest BCUT2D eigenvalue weighted by molar-refractivity contribution is 0.203. The van der Waals surface area contributed by atoms with Crippen molar-refractivity contribution in [1.29, 1.82) is 0 Å².